The highest BCUT2D eigenvalue weighted by Gasteiger charge is 2.06. The number of anilines is 1. The van der Waals surface area contributed by atoms with Crippen molar-refractivity contribution >= 4 is 11.8 Å². The predicted molar refractivity (Wildman–Crippen MR) is 92.2 cm³/mol. The van der Waals surface area contributed by atoms with Crippen LogP contribution in [0.1, 0.15) is 30.7 Å². The van der Waals surface area contributed by atoms with Crippen LogP contribution in [0.5, 0.6) is 5.88 Å². The Morgan fingerprint density at radius 3 is 2.67 bits per heavy atom. The summed E-state index contributed by atoms with van der Waals surface area (Å²) >= 11 is 0. The van der Waals surface area contributed by atoms with E-state index in [0.29, 0.717) is 24.7 Å². The zero-order chi connectivity index (χ0) is 17.5. The van der Waals surface area contributed by atoms with E-state index in [9.17, 15) is 4.79 Å². The van der Waals surface area contributed by atoms with Gasteiger partial charge in [0.05, 0.1) is 6.10 Å². The lowest BCUT2D eigenvalue weighted by Gasteiger charge is -2.10. The number of urea groups is 1. The number of aryl methyl sites for hydroxylation is 2. The third-order valence-electron chi connectivity index (χ3n) is 3.21. The van der Waals surface area contributed by atoms with Crippen LogP contribution in [0.25, 0.3) is 0 Å². The minimum atomic E-state index is -0.327. The highest BCUT2D eigenvalue weighted by molar-refractivity contribution is 5.88. The van der Waals surface area contributed by atoms with Crippen LogP contribution in [-0.4, -0.2) is 33.9 Å². The molecule has 7 nitrogen and oxygen atoms in total. The summed E-state index contributed by atoms with van der Waals surface area (Å²) in [6.45, 7) is 8.34. The smallest absolute Gasteiger partial charge is 0.320 e. The van der Waals surface area contributed by atoms with Gasteiger partial charge in [0.1, 0.15) is 0 Å². The lowest BCUT2D eigenvalue weighted by molar-refractivity contribution is 0.230. The number of pyridine rings is 1. The Kier molecular flexibility index (Phi) is 6.06. The first-order valence-electron chi connectivity index (χ1n) is 7.91. The van der Waals surface area contributed by atoms with E-state index in [1.165, 1.54) is 0 Å². The van der Waals surface area contributed by atoms with Gasteiger partial charge in [-0.05, 0) is 44.9 Å². The molecule has 2 N–H and O–H groups in total. The SMILES string of the molecule is Cc1cnc(CCNC(=O)Nc2ccc(OC(C)C)nn2)c(C)c1. The summed E-state index contributed by atoms with van der Waals surface area (Å²) in [6, 6.07) is 5.07. The Morgan fingerprint density at radius 2 is 2.04 bits per heavy atom. The molecule has 0 radical (unpaired) electrons. The van der Waals surface area contributed by atoms with Crippen molar-refractivity contribution in [1.29, 1.82) is 0 Å². The molecule has 0 aliphatic carbocycles. The van der Waals surface area contributed by atoms with Gasteiger partial charge >= 0.3 is 6.03 Å². The molecule has 0 spiro atoms. The van der Waals surface area contributed by atoms with E-state index in [1.54, 1.807) is 12.1 Å². The molecule has 2 aromatic heterocycles. The first-order valence-corrected chi connectivity index (χ1v) is 7.91. The maximum Gasteiger partial charge on any atom is 0.320 e. The summed E-state index contributed by atoms with van der Waals surface area (Å²) < 4.78 is 5.40. The molecule has 2 rings (SSSR count). The zero-order valence-electron chi connectivity index (χ0n) is 14.5. The number of hydrogen-bond acceptors (Lipinski definition) is 5. The predicted octanol–water partition coefficient (Wildman–Crippen LogP) is 2.64. The molecule has 2 amide bonds. The molecule has 0 fully saturated rings. The Hall–Kier alpha value is -2.70. The number of aromatic nitrogens is 3. The van der Waals surface area contributed by atoms with Crippen molar-refractivity contribution < 1.29 is 9.53 Å². The maximum absolute atomic E-state index is 11.9. The van der Waals surface area contributed by atoms with E-state index in [-0.39, 0.29) is 12.1 Å². The van der Waals surface area contributed by atoms with Gasteiger partial charge in [-0.3, -0.25) is 10.3 Å². The molecule has 0 atom stereocenters. The van der Waals surface area contributed by atoms with Gasteiger partial charge < -0.3 is 10.1 Å². The van der Waals surface area contributed by atoms with Crippen molar-refractivity contribution in [2.45, 2.75) is 40.2 Å². The molecule has 2 heterocycles. The number of carbonyl (C=O) groups is 1. The Labute approximate surface area is 141 Å². The molecular weight excluding hydrogens is 306 g/mol. The number of ether oxygens (including phenoxy) is 1. The third kappa shape index (κ3) is 5.49. The lowest BCUT2D eigenvalue weighted by atomic mass is 10.1. The van der Waals surface area contributed by atoms with Gasteiger partial charge in [-0.15, -0.1) is 10.2 Å². The van der Waals surface area contributed by atoms with Crippen LogP contribution in [0.4, 0.5) is 10.6 Å². The number of nitrogens with one attached hydrogen (secondary N) is 2. The molecule has 128 valence electrons. The second-order valence-electron chi connectivity index (χ2n) is 5.83. The van der Waals surface area contributed by atoms with E-state index in [1.807, 2.05) is 33.9 Å². The molecule has 0 saturated heterocycles. The van der Waals surface area contributed by atoms with Crippen molar-refractivity contribution in [3.8, 4) is 5.88 Å². The fourth-order valence-electron chi connectivity index (χ4n) is 2.15. The Balaban J connectivity index is 1.78. The number of amides is 2. The monoisotopic (exact) mass is 329 g/mol. The average molecular weight is 329 g/mol. The molecule has 0 bridgehead atoms. The Morgan fingerprint density at radius 1 is 1.25 bits per heavy atom. The molecule has 0 aliphatic heterocycles. The van der Waals surface area contributed by atoms with Crippen molar-refractivity contribution in [2.75, 3.05) is 11.9 Å². The van der Waals surface area contributed by atoms with Crippen LogP contribution >= 0.6 is 0 Å². The normalized spacial score (nSPS) is 10.5. The Bertz CT molecular complexity index is 686. The van der Waals surface area contributed by atoms with E-state index in [0.717, 1.165) is 16.8 Å². The van der Waals surface area contributed by atoms with Gasteiger partial charge in [-0.25, -0.2) is 4.79 Å². The first kappa shape index (κ1) is 17.7. The highest BCUT2D eigenvalue weighted by atomic mass is 16.5. The third-order valence-corrected chi connectivity index (χ3v) is 3.21. The topological polar surface area (TPSA) is 89.0 Å². The second-order valence-corrected chi connectivity index (χ2v) is 5.83. The van der Waals surface area contributed by atoms with Crippen molar-refractivity contribution in [1.82, 2.24) is 20.5 Å². The standard InChI is InChI=1S/C17H23N5O2/c1-11(2)24-16-6-5-15(21-22-16)20-17(23)18-8-7-14-13(4)9-12(3)10-19-14/h5-6,9-11H,7-8H2,1-4H3,(H2,18,20,21,23). The van der Waals surface area contributed by atoms with Gasteiger partial charge in [-0.1, -0.05) is 6.07 Å². The largest absolute Gasteiger partial charge is 0.474 e. The van der Waals surface area contributed by atoms with Crippen LogP contribution in [0.3, 0.4) is 0 Å². The summed E-state index contributed by atoms with van der Waals surface area (Å²) in [5.74, 6) is 0.796. The molecule has 7 heteroatoms. The second kappa shape index (κ2) is 8.24. The minimum absolute atomic E-state index is 0.0280. The molecular formula is C17H23N5O2. The van der Waals surface area contributed by atoms with Crippen molar-refractivity contribution in [2.24, 2.45) is 0 Å². The molecule has 24 heavy (non-hydrogen) atoms. The van der Waals surface area contributed by atoms with Crippen LogP contribution in [0.15, 0.2) is 24.4 Å². The van der Waals surface area contributed by atoms with Crippen molar-refractivity contribution in [3.63, 3.8) is 0 Å². The molecule has 2 aromatic rings. The summed E-state index contributed by atoms with van der Waals surface area (Å²) in [7, 11) is 0. The summed E-state index contributed by atoms with van der Waals surface area (Å²) in [5.41, 5.74) is 3.24. The van der Waals surface area contributed by atoms with E-state index in [2.05, 4.69) is 31.9 Å². The van der Waals surface area contributed by atoms with Gasteiger partial charge in [0.15, 0.2) is 5.82 Å². The summed E-state index contributed by atoms with van der Waals surface area (Å²) in [5, 5.41) is 13.2. The van der Waals surface area contributed by atoms with Crippen molar-refractivity contribution in [3.05, 3.63) is 41.2 Å². The van der Waals surface area contributed by atoms with Crippen LogP contribution < -0.4 is 15.4 Å². The number of rotatable bonds is 6. The lowest BCUT2D eigenvalue weighted by Crippen LogP contribution is -2.31. The molecule has 0 aliphatic rings. The first-order chi connectivity index (χ1) is 11.4. The number of carbonyl (C=O) groups excluding carboxylic acids is 1. The minimum Gasteiger partial charge on any atom is -0.474 e. The van der Waals surface area contributed by atoms with E-state index >= 15 is 0 Å². The highest BCUT2D eigenvalue weighted by Crippen LogP contribution is 2.10. The van der Waals surface area contributed by atoms with Gasteiger partial charge in [0.2, 0.25) is 5.88 Å². The molecule has 0 saturated carbocycles. The number of hydrogen-bond donors (Lipinski definition) is 2. The van der Waals surface area contributed by atoms with Crippen LogP contribution in [-0.2, 0) is 6.42 Å². The van der Waals surface area contributed by atoms with Gasteiger partial charge in [0.25, 0.3) is 0 Å². The zero-order valence-corrected chi connectivity index (χ0v) is 14.5. The molecule has 0 unspecified atom stereocenters. The fourth-order valence-corrected chi connectivity index (χ4v) is 2.15. The van der Waals surface area contributed by atoms with E-state index < -0.39 is 0 Å². The number of nitrogens with zero attached hydrogens (tertiary/aromatic N) is 3. The summed E-state index contributed by atoms with van der Waals surface area (Å²) in [6.07, 6.45) is 2.53. The maximum atomic E-state index is 11.9. The van der Waals surface area contributed by atoms with Gasteiger partial charge in [-0.2, -0.15) is 0 Å². The van der Waals surface area contributed by atoms with E-state index in [4.69, 9.17) is 4.74 Å². The average Bonchev–Trinajstić information content (AvgIpc) is 2.51. The van der Waals surface area contributed by atoms with Crippen LogP contribution in [0, 0.1) is 13.8 Å². The van der Waals surface area contributed by atoms with Gasteiger partial charge in [0, 0.05) is 30.9 Å². The quantitative estimate of drug-likeness (QED) is 0.850. The molecule has 0 aromatic carbocycles. The van der Waals surface area contributed by atoms with Crippen LogP contribution in [0.2, 0.25) is 0 Å². The fraction of sp³-hybridized carbons (Fsp3) is 0.412. The summed E-state index contributed by atoms with van der Waals surface area (Å²) in [4.78, 5) is 16.2.